The Bertz CT molecular complexity index is 649. The molecule has 8 heteroatoms. The molecule has 0 radical (unpaired) electrons. The maximum Gasteiger partial charge on any atom is 0.243 e. The average molecular weight is 262 g/mol. The molecule has 0 aromatic heterocycles. The third-order valence-corrected chi connectivity index (χ3v) is 5.35. The maximum atomic E-state index is 11.8. The highest BCUT2D eigenvalue weighted by molar-refractivity contribution is 7.90. The van der Waals surface area contributed by atoms with Gasteiger partial charge in [-0.2, -0.15) is 4.31 Å². The van der Waals surface area contributed by atoms with Crippen LogP contribution in [0.4, 0.5) is 0 Å². The number of hydrogen-bond acceptors (Lipinski definition) is 4. The largest absolute Gasteiger partial charge is 0.243 e. The molecule has 0 atom stereocenters. The Morgan fingerprint density at radius 1 is 1.38 bits per heavy atom. The lowest BCUT2D eigenvalue weighted by atomic mass is 10.2. The zero-order valence-corrected chi connectivity index (χ0v) is 10.0. The second-order valence-corrected chi connectivity index (χ2v) is 7.08. The number of benzene rings is 1. The van der Waals surface area contributed by atoms with Gasteiger partial charge in [-0.25, -0.2) is 22.0 Å². The van der Waals surface area contributed by atoms with Crippen molar-refractivity contribution in [1.29, 1.82) is 0 Å². The standard InChI is InChI=1S/C8H10N2O4S2/c1-10-5-6-7(15(9,11)12)3-2-4-8(6)16(10,13)14/h2-4H,5H2,1H3,(H2,9,11,12). The topological polar surface area (TPSA) is 97.5 Å². The lowest BCUT2D eigenvalue weighted by Crippen LogP contribution is -2.18. The van der Waals surface area contributed by atoms with Crippen LogP contribution in [0.25, 0.3) is 0 Å². The fraction of sp³-hybridized carbons (Fsp3) is 0.250. The van der Waals surface area contributed by atoms with Crippen molar-refractivity contribution < 1.29 is 16.8 Å². The molecule has 0 unspecified atom stereocenters. The summed E-state index contributed by atoms with van der Waals surface area (Å²) >= 11 is 0. The van der Waals surface area contributed by atoms with E-state index >= 15 is 0 Å². The molecule has 1 aromatic carbocycles. The zero-order chi connectivity index (χ0) is 12.1. The first-order valence-corrected chi connectivity index (χ1v) is 7.34. The zero-order valence-electron chi connectivity index (χ0n) is 8.41. The number of primary sulfonamides is 1. The quantitative estimate of drug-likeness (QED) is 0.735. The summed E-state index contributed by atoms with van der Waals surface area (Å²) < 4.78 is 47.1. The predicted octanol–water partition coefficient (Wildman–Crippen LogP) is -0.532. The molecule has 1 heterocycles. The fourth-order valence-corrected chi connectivity index (χ4v) is 3.91. The molecule has 0 saturated carbocycles. The Labute approximate surface area is 93.8 Å². The Balaban J connectivity index is 2.82. The van der Waals surface area contributed by atoms with Gasteiger partial charge >= 0.3 is 0 Å². The van der Waals surface area contributed by atoms with Crippen molar-refractivity contribution in [3.8, 4) is 0 Å². The van der Waals surface area contributed by atoms with Gasteiger partial charge in [-0.1, -0.05) is 6.07 Å². The van der Waals surface area contributed by atoms with Crippen LogP contribution in [-0.2, 0) is 26.6 Å². The van der Waals surface area contributed by atoms with Crippen molar-refractivity contribution in [2.24, 2.45) is 5.14 Å². The maximum absolute atomic E-state index is 11.8. The SMILES string of the molecule is CN1Cc2c(S(N)(=O)=O)cccc2S1(=O)=O. The first-order chi connectivity index (χ1) is 7.24. The Morgan fingerprint density at radius 2 is 2.00 bits per heavy atom. The molecule has 0 spiro atoms. The molecule has 0 fully saturated rings. The van der Waals surface area contributed by atoms with Crippen LogP contribution >= 0.6 is 0 Å². The van der Waals surface area contributed by atoms with Crippen LogP contribution in [0.3, 0.4) is 0 Å². The lowest BCUT2D eigenvalue weighted by Gasteiger charge is -2.04. The van der Waals surface area contributed by atoms with E-state index in [1.165, 1.54) is 25.2 Å². The van der Waals surface area contributed by atoms with Gasteiger partial charge in [0.1, 0.15) is 0 Å². The van der Waals surface area contributed by atoms with Crippen LogP contribution in [-0.4, -0.2) is 28.2 Å². The summed E-state index contributed by atoms with van der Waals surface area (Å²) in [5.74, 6) is 0. The molecule has 2 N–H and O–H groups in total. The van der Waals surface area contributed by atoms with E-state index < -0.39 is 20.0 Å². The molecule has 6 nitrogen and oxygen atoms in total. The van der Waals surface area contributed by atoms with E-state index in [2.05, 4.69) is 0 Å². The molecule has 0 amide bonds. The van der Waals surface area contributed by atoms with Crippen LogP contribution in [0.2, 0.25) is 0 Å². The van der Waals surface area contributed by atoms with Gasteiger partial charge in [0.15, 0.2) is 0 Å². The smallest absolute Gasteiger partial charge is 0.225 e. The summed E-state index contributed by atoms with van der Waals surface area (Å²) in [5, 5.41) is 5.02. The molecule has 0 aliphatic carbocycles. The average Bonchev–Trinajstić information content (AvgIpc) is 2.37. The number of hydrogen-bond donors (Lipinski definition) is 1. The van der Waals surface area contributed by atoms with Crippen molar-refractivity contribution >= 4 is 20.0 Å². The van der Waals surface area contributed by atoms with Crippen molar-refractivity contribution in [3.05, 3.63) is 23.8 Å². The summed E-state index contributed by atoms with van der Waals surface area (Å²) in [6, 6.07) is 4.06. The first-order valence-electron chi connectivity index (χ1n) is 4.35. The van der Waals surface area contributed by atoms with Gasteiger partial charge in [0, 0.05) is 19.2 Å². The van der Waals surface area contributed by atoms with E-state index in [0.29, 0.717) is 0 Å². The predicted molar refractivity (Wildman–Crippen MR) is 56.5 cm³/mol. The van der Waals surface area contributed by atoms with Crippen molar-refractivity contribution in [3.63, 3.8) is 0 Å². The van der Waals surface area contributed by atoms with E-state index in [9.17, 15) is 16.8 Å². The molecule has 88 valence electrons. The molecule has 0 bridgehead atoms. The van der Waals surface area contributed by atoms with Crippen LogP contribution in [0.1, 0.15) is 5.56 Å². The third-order valence-electron chi connectivity index (χ3n) is 2.47. The molecule has 1 aliphatic rings. The van der Waals surface area contributed by atoms with Gasteiger partial charge in [0.05, 0.1) is 9.79 Å². The van der Waals surface area contributed by atoms with Gasteiger partial charge in [-0.15, -0.1) is 0 Å². The Kier molecular flexibility index (Phi) is 2.35. The fourth-order valence-electron chi connectivity index (χ4n) is 1.69. The van der Waals surface area contributed by atoms with Crippen LogP contribution < -0.4 is 5.14 Å². The van der Waals surface area contributed by atoms with Gasteiger partial charge in [-0.05, 0) is 12.1 Å². The number of rotatable bonds is 1. The van der Waals surface area contributed by atoms with Crippen LogP contribution in [0.5, 0.6) is 0 Å². The van der Waals surface area contributed by atoms with Gasteiger partial charge in [-0.3, -0.25) is 0 Å². The highest BCUT2D eigenvalue weighted by Gasteiger charge is 2.35. The van der Waals surface area contributed by atoms with E-state index in [1.54, 1.807) is 0 Å². The van der Waals surface area contributed by atoms with E-state index in [1.807, 2.05) is 0 Å². The third kappa shape index (κ3) is 1.54. The second kappa shape index (κ2) is 3.27. The molecule has 1 aromatic rings. The molecular formula is C8H10N2O4S2. The Morgan fingerprint density at radius 3 is 2.56 bits per heavy atom. The lowest BCUT2D eigenvalue weighted by molar-refractivity contribution is 0.486. The van der Waals surface area contributed by atoms with Crippen LogP contribution in [0.15, 0.2) is 28.0 Å². The summed E-state index contributed by atoms with van der Waals surface area (Å²) in [6.07, 6.45) is 0. The number of nitrogens with zero attached hydrogens (tertiary/aromatic N) is 1. The van der Waals surface area contributed by atoms with Gasteiger partial charge in [0.2, 0.25) is 20.0 Å². The van der Waals surface area contributed by atoms with E-state index in [0.717, 1.165) is 4.31 Å². The van der Waals surface area contributed by atoms with Gasteiger partial charge in [0.25, 0.3) is 0 Å². The number of sulfonamides is 2. The minimum absolute atomic E-state index is 0.0153. The van der Waals surface area contributed by atoms with Crippen molar-refractivity contribution in [2.75, 3.05) is 7.05 Å². The summed E-state index contributed by atoms with van der Waals surface area (Å²) in [6.45, 7) is 0.0320. The number of fused-ring (bicyclic) bond motifs is 1. The molecular weight excluding hydrogens is 252 g/mol. The minimum atomic E-state index is -3.89. The first kappa shape index (κ1) is 11.5. The Hall–Kier alpha value is -0.960. The minimum Gasteiger partial charge on any atom is -0.225 e. The van der Waals surface area contributed by atoms with E-state index in [-0.39, 0.29) is 21.9 Å². The summed E-state index contributed by atoms with van der Waals surface area (Å²) in [5.41, 5.74) is 0.243. The van der Waals surface area contributed by atoms with E-state index in [4.69, 9.17) is 5.14 Å². The highest BCUT2D eigenvalue weighted by atomic mass is 32.2. The monoisotopic (exact) mass is 262 g/mol. The molecule has 16 heavy (non-hydrogen) atoms. The molecule has 1 aliphatic heterocycles. The molecule has 2 rings (SSSR count). The van der Waals surface area contributed by atoms with Crippen LogP contribution in [0, 0.1) is 0 Å². The number of nitrogens with two attached hydrogens (primary N) is 1. The summed E-state index contributed by atoms with van der Waals surface area (Å²) in [4.78, 5) is -0.112. The summed E-state index contributed by atoms with van der Waals surface area (Å²) in [7, 11) is -6.06. The highest BCUT2D eigenvalue weighted by Crippen LogP contribution is 2.32. The normalized spacial score (nSPS) is 19.6. The second-order valence-electron chi connectivity index (χ2n) is 3.54. The van der Waals surface area contributed by atoms with Gasteiger partial charge < -0.3 is 0 Å². The molecule has 0 saturated heterocycles. The van der Waals surface area contributed by atoms with Crippen molar-refractivity contribution in [2.45, 2.75) is 16.3 Å². The van der Waals surface area contributed by atoms with Crippen molar-refractivity contribution in [1.82, 2.24) is 4.31 Å².